The van der Waals surface area contributed by atoms with E-state index in [9.17, 15) is 4.39 Å². The van der Waals surface area contributed by atoms with E-state index in [0.29, 0.717) is 5.69 Å². The maximum Gasteiger partial charge on any atom is 0.123 e. The fourth-order valence-corrected chi connectivity index (χ4v) is 3.86. The van der Waals surface area contributed by atoms with Gasteiger partial charge in [-0.1, -0.05) is 44.9 Å². The van der Waals surface area contributed by atoms with E-state index in [1.54, 1.807) is 12.1 Å². The van der Waals surface area contributed by atoms with Crippen LogP contribution in [0.3, 0.4) is 0 Å². The highest BCUT2D eigenvalue weighted by molar-refractivity contribution is 5.42. The number of hydrogen-bond acceptors (Lipinski definition) is 4. The summed E-state index contributed by atoms with van der Waals surface area (Å²) in [4.78, 5) is 0. The smallest absolute Gasteiger partial charge is 0.123 e. The fourth-order valence-electron chi connectivity index (χ4n) is 3.86. The van der Waals surface area contributed by atoms with Crippen LogP contribution in [0, 0.1) is 5.82 Å². The monoisotopic (exact) mass is 472 g/mol. The number of halogens is 1. The van der Waals surface area contributed by atoms with Crippen LogP contribution in [0.4, 0.5) is 15.8 Å². The van der Waals surface area contributed by atoms with Gasteiger partial charge in [0.05, 0.1) is 45.2 Å². The number of rotatable bonds is 18. The summed E-state index contributed by atoms with van der Waals surface area (Å²) in [5.41, 5.74) is 1.36. The summed E-state index contributed by atoms with van der Waals surface area (Å²) in [6, 6.07) is 13.5. The van der Waals surface area contributed by atoms with Gasteiger partial charge in [0.1, 0.15) is 18.1 Å². The summed E-state index contributed by atoms with van der Waals surface area (Å²) < 4.78 is 19.7. The third kappa shape index (κ3) is 12.8. The molecule has 0 saturated carbocycles. The second kappa shape index (κ2) is 16.3. The van der Waals surface area contributed by atoms with Crippen LogP contribution in [0.1, 0.15) is 64.2 Å². The quantitative estimate of drug-likeness (QED) is 0.138. The molecule has 0 saturated heterocycles. The van der Waals surface area contributed by atoms with Gasteiger partial charge in [-0.05, 0) is 67.8 Å². The Morgan fingerprint density at radius 3 is 1.68 bits per heavy atom. The average Bonchev–Trinajstić information content (AvgIpc) is 2.82. The summed E-state index contributed by atoms with van der Waals surface area (Å²) in [5, 5.41) is 17.3. The molecule has 0 spiro atoms. The van der Waals surface area contributed by atoms with Gasteiger partial charge in [-0.3, -0.25) is 0 Å². The number of hydrogen-bond donors (Lipinski definition) is 1. The van der Waals surface area contributed by atoms with Crippen molar-refractivity contribution >= 4 is 11.4 Å². The number of unbranched alkanes of at least 4 members (excludes halogenated alkanes) is 9. The fraction of sp³-hybridized carbons (Fsp3) is 0.571. The van der Waals surface area contributed by atoms with Crippen LogP contribution in [0.15, 0.2) is 58.8 Å². The van der Waals surface area contributed by atoms with E-state index in [0.717, 1.165) is 42.0 Å². The zero-order valence-corrected chi connectivity index (χ0v) is 21.1. The predicted octanol–water partition coefficient (Wildman–Crippen LogP) is 7.59. The van der Waals surface area contributed by atoms with Crippen molar-refractivity contribution in [1.82, 2.24) is 0 Å². The van der Waals surface area contributed by atoms with Crippen molar-refractivity contribution in [1.29, 1.82) is 0 Å². The molecule has 0 aliphatic rings. The number of benzene rings is 2. The largest absolute Gasteiger partial charge is 0.494 e. The lowest BCUT2D eigenvalue weighted by atomic mass is 10.1. The number of ether oxygens (including phenoxy) is 1. The maximum absolute atomic E-state index is 12.9. The third-order valence-electron chi connectivity index (χ3n) is 6.08. The molecule has 34 heavy (non-hydrogen) atoms. The molecule has 0 aromatic heterocycles. The van der Waals surface area contributed by atoms with Crippen LogP contribution in [0.25, 0.3) is 0 Å². The number of aliphatic hydroxyl groups excluding tert-OH is 1. The minimum Gasteiger partial charge on any atom is -0.494 e. The highest BCUT2D eigenvalue weighted by atomic mass is 19.1. The Kier molecular flexibility index (Phi) is 13.4. The van der Waals surface area contributed by atoms with Gasteiger partial charge in [-0.25, -0.2) is 4.39 Å². The molecular formula is C28H43FN3O2+. The molecule has 188 valence electrons. The molecular weight excluding hydrogens is 429 g/mol. The number of quaternary nitrogens is 1. The first-order valence-electron chi connectivity index (χ1n) is 12.8. The van der Waals surface area contributed by atoms with Gasteiger partial charge in [0.15, 0.2) is 0 Å². The van der Waals surface area contributed by atoms with Gasteiger partial charge in [0, 0.05) is 0 Å². The highest BCUT2D eigenvalue weighted by Gasteiger charge is 2.12. The van der Waals surface area contributed by atoms with Crippen LogP contribution in [0.5, 0.6) is 5.75 Å². The predicted molar refractivity (Wildman–Crippen MR) is 138 cm³/mol. The molecule has 0 bridgehead atoms. The zero-order valence-electron chi connectivity index (χ0n) is 21.1. The van der Waals surface area contributed by atoms with Crippen LogP contribution in [0.2, 0.25) is 0 Å². The molecule has 1 N–H and O–H groups in total. The zero-order chi connectivity index (χ0) is 24.5. The summed E-state index contributed by atoms with van der Waals surface area (Å²) in [6.07, 6.45) is 12.8. The van der Waals surface area contributed by atoms with E-state index < -0.39 is 0 Å². The van der Waals surface area contributed by atoms with Crippen LogP contribution >= 0.6 is 0 Å². The first kappa shape index (κ1) is 27.9. The van der Waals surface area contributed by atoms with Crippen molar-refractivity contribution in [3.05, 3.63) is 54.3 Å². The Morgan fingerprint density at radius 1 is 0.676 bits per heavy atom. The first-order chi connectivity index (χ1) is 16.5. The Morgan fingerprint density at radius 2 is 1.15 bits per heavy atom. The SMILES string of the molecule is C[N+](C)(CCO)CCCCCCCCCCCCOc1ccc(N=Nc2ccc(F)cc2)cc1. The van der Waals surface area contributed by atoms with Crippen LogP contribution < -0.4 is 4.74 Å². The van der Waals surface area contributed by atoms with Gasteiger partial charge >= 0.3 is 0 Å². The lowest BCUT2D eigenvalue weighted by molar-refractivity contribution is -0.890. The Balaban J connectivity index is 1.43. The lowest BCUT2D eigenvalue weighted by Crippen LogP contribution is -2.42. The molecule has 0 atom stereocenters. The van der Waals surface area contributed by atoms with Gasteiger partial charge in [0.2, 0.25) is 0 Å². The average molecular weight is 473 g/mol. The molecule has 2 rings (SSSR count). The highest BCUT2D eigenvalue weighted by Crippen LogP contribution is 2.22. The number of nitrogens with zero attached hydrogens (tertiary/aromatic N) is 3. The first-order valence-corrected chi connectivity index (χ1v) is 12.8. The third-order valence-corrected chi connectivity index (χ3v) is 6.08. The van der Waals surface area contributed by atoms with E-state index in [4.69, 9.17) is 9.84 Å². The topological polar surface area (TPSA) is 54.2 Å². The van der Waals surface area contributed by atoms with Crippen molar-refractivity contribution in [2.24, 2.45) is 10.2 Å². The van der Waals surface area contributed by atoms with Crippen molar-refractivity contribution < 1.29 is 18.7 Å². The normalized spacial score (nSPS) is 11.9. The molecule has 0 amide bonds. The molecule has 6 heteroatoms. The van der Waals surface area contributed by atoms with Crippen LogP contribution in [-0.2, 0) is 0 Å². The maximum atomic E-state index is 12.9. The van der Waals surface area contributed by atoms with E-state index in [-0.39, 0.29) is 12.4 Å². The number of aliphatic hydroxyl groups is 1. The standard InChI is InChI=1S/C28H43FN3O2/c1-32(2,22-23-33)21-11-9-7-5-3-4-6-8-10-12-24-34-28-19-17-27(18-20-28)31-30-26-15-13-25(29)14-16-26/h13-20,33H,3-12,21-24H2,1-2H3/q+1. The minimum atomic E-state index is -0.280. The lowest BCUT2D eigenvalue weighted by Gasteiger charge is -2.28. The summed E-state index contributed by atoms with van der Waals surface area (Å²) in [5.74, 6) is 0.566. The molecule has 0 aliphatic heterocycles. The van der Waals surface area contributed by atoms with E-state index in [2.05, 4.69) is 24.3 Å². The molecule has 0 aliphatic carbocycles. The Hall–Kier alpha value is -2.31. The van der Waals surface area contributed by atoms with Gasteiger partial charge in [0.25, 0.3) is 0 Å². The van der Waals surface area contributed by atoms with Crippen molar-refractivity contribution in [2.75, 3.05) is 40.4 Å². The molecule has 0 radical (unpaired) electrons. The molecule has 2 aromatic rings. The summed E-state index contributed by atoms with van der Waals surface area (Å²) in [7, 11) is 4.40. The summed E-state index contributed by atoms with van der Waals surface area (Å²) in [6.45, 7) is 3.03. The Bertz CT molecular complexity index is 807. The number of azo groups is 1. The summed E-state index contributed by atoms with van der Waals surface area (Å²) >= 11 is 0. The van der Waals surface area contributed by atoms with Gasteiger partial charge in [-0.15, -0.1) is 0 Å². The van der Waals surface area contributed by atoms with E-state index in [1.807, 2.05) is 24.3 Å². The van der Waals surface area contributed by atoms with Gasteiger partial charge < -0.3 is 14.3 Å². The van der Waals surface area contributed by atoms with Crippen molar-refractivity contribution in [2.45, 2.75) is 64.2 Å². The van der Waals surface area contributed by atoms with Crippen molar-refractivity contribution in [3.8, 4) is 5.75 Å². The minimum absolute atomic E-state index is 0.279. The van der Waals surface area contributed by atoms with Gasteiger partial charge in [-0.2, -0.15) is 10.2 Å². The van der Waals surface area contributed by atoms with E-state index >= 15 is 0 Å². The second-order valence-corrected chi connectivity index (χ2v) is 9.66. The molecule has 5 nitrogen and oxygen atoms in total. The molecule has 0 fully saturated rings. The molecule has 2 aromatic carbocycles. The Labute approximate surface area is 205 Å². The van der Waals surface area contributed by atoms with Crippen LogP contribution in [-0.4, -0.2) is 50.0 Å². The second-order valence-electron chi connectivity index (χ2n) is 9.66. The van der Waals surface area contributed by atoms with Crippen molar-refractivity contribution in [3.63, 3.8) is 0 Å². The molecule has 0 heterocycles. The molecule has 0 unspecified atom stereocenters. The number of likely N-dealkylation sites (N-methyl/N-ethyl adjacent to an activating group) is 1. The van der Waals surface area contributed by atoms with E-state index in [1.165, 1.54) is 69.9 Å².